The molecule has 2 nitrogen and oxygen atoms in total. The number of benzene rings is 1. The van der Waals surface area contributed by atoms with Crippen molar-refractivity contribution in [2.75, 3.05) is 11.9 Å². The van der Waals surface area contributed by atoms with Crippen LogP contribution in [0, 0.1) is 5.82 Å². The van der Waals surface area contributed by atoms with Crippen LogP contribution in [0.3, 0.4) is 0 Å². The second-order valence-corrected chi connectivity index (χ2v) is 3.57. The zero-order valence-electron chi connectivity index (χ0n) is 8.43. The van der Waals surface area contributed by atoms with Gasteiger partial charge in [0.2, 0.25) is 0 Å². The molecule has 0 saturated heterocycles. The molecule has 0 unspecified atom stereocenters. The number of hydrogen-bond donors (Lipinski definition) is 0. The molecule has 0 fully saturated rings. The van der Waals surface area contributed by atoms with Gasteiger partial charge >= 0.3 is 0 Å². The summed E-state index contributed by atoms with van der Waals surface area (Å²) in [6.07, 6.45) is 0.193. The number of rotatable bonds is 5. The number of ketones is 1. The van der Waals surface area contributed by atoms with Gasteiger partial charge in [-0.15, -0.1) is 0 Å². The third-order valence-corrected chi connectivity index (χ3v) is 2.50. The van der Waals surface area contributed by atoms with Crippen molar-refractivity contribution in [1.29, 1.82) is 0 Å². The fraction of sp³-hybridized carbons (Fsp3) is 0.364. The van der Waals surface area contributed by atoms with Crippen LogP contribution in [0.4, 0.5) is 4.39 Å². The van der Waals surface area contributed by atoms with Crippen molar-refractivity contribution >= 4 is 21.7 Å². The average Bonchev–Trinajstić information content (AvgIpc) is 2.23. The van der Waals surface area contributed by atoms with E-state index in [1.165, 1.54) is 6.07 Å². The molecule has 0 amide bonds. The van der Waals surface area contributed by atoms with Gasteiger partial charge in [0, 0.05) is 12.0 Å². The maximum absolute atomic E-state index is 13.3. The van der Waals surface area contributed by atoms with E-state index in [4.69, 9.17) is 4.74 Å². The van der Waals surface area contributed by atoms with Gasteiger partial charge in [-0.05, 0) is 13.0 Å². The van der Waals surface area contributed by atoms with Crippen molar-refractivity contribution in [2.24, 2.45) is 0 Å². The number of hydrogen-bond acceptors (Lipinski definition) is 2. The Hall–Kier alpha value is -0.900. The molecule has 0 aromatic heterocycles. The topological polar surface area (TPSA) is 26.3 Å². The van der Waals surface area contributed by atoms with Gasteiger partial charge in [0.05, 0.1) is 11.9 Å². The van der Waals surface area contributed by atoms with E-state index in [1.54, 1.807) is 19.1 Å². The van der Waals surface area contributed by atoms with Gasteiger partial charge in [-0.1, -0.05) is 28.1 Å². The minimum atomic E-state index is -0.420. The number of ether oxygens (including phenoxy) is 1. The lowest BCUT2D eigenvalue weighted by molar-refractivity contribution is -0.115. The molecule has 0 aliphatic carbocycles. The average molecular weight is 275 g/mol. The lowest BCUT2D eigenvalue weighted by atomic mass is 10.1. The van der Waals surface area contributed by atoms with Gasteiger partial charge in [0.1, 0.15) is 5.78 Å². The van der Waals surface area contributed by atoms with Crippen LogP contribution in [0.15, 0.2) is 18.2 Å². The summed E-state index contributed by atoms with van der Waals surface area (Å²) in [5.74, 6) is -0.229. The van der Waals surface area contributed by atoms with E-state index in [1.807, 2.05) is 0 Å². The first kappa shape index (κ1) is 12.2. The van der Waals surface area contributed by atoms with Crippen LogP contribution in [-0.2, 0) is 11.2 Å². The maximum Gasteiger partial charge on any atom is 0.165 e. The fourth-order valence-corrected chi connectivity index (χ4v) is 1.46. The summed E-state index contributed by atoms with van der Waals surface area (Å²) >= 11 is 3.07. The third kappa shape index (κ3) is 3.30. The van der Waals surface area contributed by atoms with Gasteiger partial charge in [-0.3, -0.25) is 4.79 Å². The Balaban J connectivity index is 2.94. The van der Waals surface area contributed by atoms with Crippen molar-refractivity contribution in [3.63, 3.8) is 0 Å². The first-order valence-electron chi connectivity index (χ1n) is 4.66. The molecule has 0 heterocycles. The monoisotopic (exact) mass is 274 g/mol. The quantitative estimate of drug-likeness (QED) is 0.772. The highest BCUT2D eigenvalue weighted by atomic mass is 79.9. The van der Waals surface area contributed by atoms with E-state index in [9.17, 15) is 9.18 Å². The van der Waals surface area contributed by atoms with E-state index in [0.29, 0.717) is 12.2 Å². The van der Waals surface area contributed by atoms with E-state index in [-0.39, 0.29) is 23.3 Å². The molecular formula is C11H12BrFO2. The van der Waals surface area contributed by atoms with Crippen LogP contribution in [0.1, 0.15) is 12.5 Å². The molecule has 82 valence electrons. The predicted molar refractivity (Wildman–Crippen MR) is 60.1 cm³/mol. The minimum Gasteiger partial charge on any atom is -0.491 e. The van der Waals surface area contributed by atoms with Crippen LogP contribution in [-0.4, -0.2) is 17.7 Å². The highest BCUT2D eigenvalue weighted by Gasteiger charge is 2.11. The molecule has 1 aromatic rings. The summed E-state index contributed by atoms with van der Waals surface area (Å²) in [5, 5.41) is 0.273. The zero-order chi connectivity index (χ0) is 11.3. The van der Waals surface area contributed by atoms with Gasteiger partial charge in [0.15, 0.2) is 11.6 Å². The molecular weight excluding hydrogens is 263 g/mol. The van der Waals surface area contributed by atoms with Gasteiger partial charge in [-0.25, -0.2) is 4.39 Å². The SMILES string of the molecule is CCOc1c(F)cccc1CC(=O)CBr. The van der Waals surface area contributed by atoms with Gasteiger partial charge in [-0.2, -0.15) is 0 Å². The summed E-state index contributed by atoms with van der Waals surface area (Å²) in [6, 6.07) is 4.61. The largest absolute Gasteiger partial charge is 0.491 e. The van der Waals surface area contributed by atoms with E-state index < -0.39 is 5.82 Å². The summed E-state index contributed by atoms with van der Waals surface area (Å²) in [6.45, 7) is 2.17. The van der Waals surface area contributed by atoms with E-state index >= 15 is 0 Å². The molecule has 0 bridgehead atoms. The molecule has 0 aliphatic rings. The second-order valence-electron chi connectivity index (χ2n) is 3.01. The molecule has 0 aliphatic heterocycles. The molecule has 1 aromatic carbocycles. The summed E-state index contributed by atoms with van der Waals surface area (Å²) in [4.78, 5) is 11.2. The molecule has 0 radical (unpaired) electrons. The van der Waals surface area contributed by atoms with Crippen LogP contribution < -0.4 is 4.74 Å². The van der Waals surface area contributed by atoms with Crippen LogP contribution in [0.5, 0.6) is 5.75 Å². The molecule has 0 saturated carbocycles. The fourth-order valence-electron chi connectivity index (χ4n) is 1.26. The minimum absolute atomic E-state index is 0.00144. The number of para-hydroxylation sites is 1. The number of carbonyl (C=O) groups excluding carboxylic acids is 1. The molecule has 4 heteroatoms. The third-order valence-electron chi connectivity index (χ3n) is 1.87. The lowest BCUT2D eigenvalue weighted by Crippen LogP contribution is -2.07. The highest BCUT2D eigenvalue weighted by molar-refractivity contribution is 9.09. The smallest absolute Gasteiger partial charge is 0.165 e. The van der Waals surface area contributed by atoms with Crippen molar-refractivity contribution in [2.45, 2.75) is 13.3 Å². The van der Waals surface area contributed by atoms with Crippen molar-refractivity contribution in [1.82, 2.24) is 0 Å². The Bertz CT molecular complexity index is 352. The highest BCUT2D eigenvalue weighted by Crippen LogP contribution is 2.23. The number of Topliss-reactive ketones (excluding diaryl/α,β-unsaturated/α-hetero) is 1. The Labute approximate surface area is 96.6 Å². The van der Waals surface area contributed by atoms with Crippen molar-refractivity contribution in [3.05, 3.63) is 29.6 Å². The summed E-state index contributed by atoms with van der Waals surface area (Å²) < 4.78 is 18.5. The van der Waals surface area contributed by atoms with Gasteiger partial charge < -0.3 is 4.74 Å². The molecule has 0 spiro atoms. The standard InChI is InChI=1S/C11H12BrFO2/c1-2-15-11-8(6-9(14)7-12)4-3-5-10(11)13/h3-5H,2,6-7H2,1H3. The second kappa shape index (κ2) is 5.85. The van der Waals surface area contributed by atoms with E-state index in [2.05, 4.69) is 15.9 Å². The number of alkyl halides is 1. The van der Waals surface area contributed by atoms with Gasteiger partial charge in [0.25, 0.3) is 0 Å². The lowest BCUT2D eigenvalue weighted by Gasteiger charge is -2.09. The Morgan fingerprint density at radius 3 is 2.87 bits per heavy atom. The van der Waals surface area contributed by atoms with Crippen LogP contribution in [0.2, 0.25) is 0 Å². The Morgan fingerprint density at radius 1 is 1.53 bits per heavy atom. The van der Waals surface area contributed by atoms with Crippen molar-refractivity contribution in [3.8, 4) is 5.75 Å². The molecule has 0 atom stereocenters. The Morgan fingerprint density at radius 2 is 2.27 bits per heavy atom. The summed E-state index contributed by atoms with van der Waals surface area (Å²) in [5.41, 5.74) is 0.598. The zero-order valence-corrected chi connectivity index (χ0v) is 10.0. The number of halogens is 2. The Kier molecular flexibility index (Phi) is 4.75. The van der Waals surface area contributed by atoms with Crippen LogP contribution in [0.25, 0.3) is 0 Å². The predicted octanol–water partition coefficient (Wildman–Crippen LogP) is 2.73. The summed E-state index contributed by atoms with van der Waals surface area (Å²) in [7, 11) is 0. The first-order chi connectivity index (χ1) is 7.19. The first-order valence-corrected chi connectivity index (χ1v) is 5.79. The number of carbonyl (C=O) groups is 1. The van der Waals surface area contributed by atoms with Crippen molar-refractivity contribution < 1.29 is 13.9 Å². The maximum atomic E-state index is 13.3. The molecule has 1 rings (SSSR count). The molecule has 0 N–H and O–H groups in total. The van der Waals surface area contributed by atoms with E-state index in [0.717, 1.165) is 0 Å². The molecule has 15 heavy (non-hydrogen) atoms. The van der Waals surface area contributed by atoms with Crippen LogP contribution >= 0.6 is 15.9 Å². The normalized spacial score (nSPS) is 10.1.